The van der Waals surface area contributed by atoms with Crippen LogP contribution in [-0.2, 0) is 6.42 Å². The molecule has 5 heterocycles. The second-order valence-corrected chi connectivity index (χ2v) is 12.9. The fraction of sp³-hybridized carbons (Fsp3) is 0.0889. The third-order valence-electron chi connectivity index (χ3n) is 9.73. The summed E-state index contributed by atoms with van der Waals surface area (Å²) < 4.78 is 0. The van der Waals surface area contributed by atoms with E-state index in [1.54, 1.807) is 24.8 Å². The van der Waals surface area contributed by atoms with Gasteiger partial charge in [0.05, 0.1) is 28.3 Å². The van der Waals surface area contributed by atoms with Crippen molar-refractivity contribution in [2.24, 2.45) is 10.9 Å². The van der Waals surface area contributed by atoms with E-state index in [2.05, 4.69) is 119 Å². The van der Waals surface area contributed by atoms with E-state index in [0.717, 1.165) is 91.9 Å². The van der Waals surface area contributed by atoms with Crippen LogP contribution in [0.15, 0.2) is 163 Å². The molecule has 4 aromatic heterocycles. The first-order chi connectivity index (χ1) is 24.8. The molecule has 1 atom stereocenters. The summed E-state index contributed by atoms with van der Waals surface area (Å²) >= 11 is 0. The summed E-state index contributed by atoms with van der Waals surface area (Å²) in [6.45, 7) is 0. The molecule has 1 aliphatic carbocycles. The Hall–Kier alpha value is -6.33. The molecule has 0 amide bonds. The summed E-state index contributed by atoms with van der Waals surface area (Å²) in [5, 5.41) is 1.12. The Kier molecular flexibility index (Phi) is 7.71. The van der Waals surface area contributed by atoms with Crippen LogP contribution in [0, 0.1) is 5.92 Å². The molecule has 5 heteroatoms. The molecule has 0 spiro atoms. The zero-order valence-corrected chi connectivity index (χ0v) is 27.4. The lowest BCUT2D eigenvalue weighted by Crippen LogP contribution is -2.20. The van der Waals surface area contributed by atoms with Gasteiger partial charge in [0.15, 0.2) is 0 Å². The lowest BCUT2D eigenvalue weighted by molar-refractivity contribution is 0.624. The SMILES string of the molecule is C1=C\CCC2Cc3c(-c4ccc(-c5cccc(-c6cc(-c7ccncc7)nc(-c7ccncc7)c6)c5)cc4)nc4ccccc4c3N=C2\C=C/1. The summed E-state index contributed by atoms with van der Waals surface area (Å²) in [5.74, 6) is 0.388. The molecular formula is C45H33N5. The number of fused-ring (bicyclic) bond motifs is 4. The zero-order valence-electron chi connectivity index (χ0n) is 27.4. The number of allylic oxidation sites excluding steroid dienone is 4. The first kappa shape index (κ1) is 29.8. The van der Waals surface area contributed by atoms with Gasteiger partial charge in [-0.15, -0.1) is 0 Å². The number of aliphatic imine (C=N–C) groups is 1. The van der Waals surface area contributed by atoms with E-state index in [1.807, 2.05) is 24.3 Å². The summed E-state index contributed by atoms with van der Waals surface area (Å²) in [6.07, 6.45) is 19.0. The molecule has 9 rings (SSSR count). The molecule has 0 bridgehead atoms. The van der Waals surface area contributed by atoms with Crippen molar-refractivity contribution in [1.82, 2.24) is 19.9 Å². The summed E-state index contributed by atoms with van der Waals surface area (Å²) in [7, 11) is 0. The first-order valence-electron chi connectivity index (χ1n) is 17.1. The van der Waals surface area contributed by atoms with Crippen LogP contribution in [0.3, 0.4) is 0 Å². The van der Waals surface area contributed by atoms with Crippen molar-refractivity contribution < 1.29 is 0 Å². The van der Waals surface area contributed by atoms with E-state index >= 15 is 0 Å². The maximum absolute atomic E-state index is 5.28. The molecule has 1 aliphatic heterocycles. The average Bonchev–Trinajstić information content (AvgIpc) is 3.18. The van der Waals surface area contributed by atoms with Gasteiger partial charge in [0, 0.05) is 64.1 Å². The minimum Gasteiger partial charge on any atom is -0.265 e. The predicted molar refractivity (Wildman–Crippen MR) is 204 cm³/mol. The Morgan fingerprint density at radius 3 is 1.96 bits per heavy atom. The highest BCUT2D eigenvalue weighted by atomic mass is 14.8. The standard InChI is InChI=1S/C45H33N5/c1-2-4-12-40-36(8-3-1)27-39-44(50-41-13-6-5-11-38(41)45(39)49-40)33-16-14-30(15-17-33)34-9-7-10-35(26-34)37-28-42(31-18-22-46-23-19-31)48-43(29-37)32-20-24-47-25-21-32/h1-2,4-7,9-26,28-29,36H,3,8,27H2/b2-1-,12-4-. The van der Waals surface area contributed by atoms with E-state index in [-0.39, 0.29) is 0 Å². The van der Waals surface area contributed by atoms with Gasteiger partial charge in [0.2, 0.25) is 0 Å². The van der Waals surface area contributed by atoms with Gasteiger partial charge >= 0.3 is 0 Å². The highest BCUT2D eigenvalue weighted by Crippen LogP contribution is 2.42. The van der Waals surface area contributed by atoms with Crippen LogP contribution in [0.25, 0.3) is 66.9 Å². The van der Waals surface area contributed by atoms with Crippen LogP contribution >= 0.6 is 0 Å². The van der Waals surface area contributed by atoms with Crippen LogP contribution in [-0.4, -0.2) is 25.6 Å². The van der Waals surface area contributed by atoms with E-state index in [9.17, 15) is 0 Å². The number of hydrogen-bond donors (Lipinski definition) is 0. The van der Waals surface area contributed by atoms with Gasteiger partial charge in [-0.25, -0.2) is 9.97 Å². The molecule has 50 heavy (non-hydrogen) atoms. The molecule has 2 aliphatic rings. The number of para-hydroxylation sites is 1. The molecule has 0 N–H and O–H groups in total. The van der Waals surface area contributed by atoms with Crippen LogP contribution in [0.4, 0.5) is 5.69 Å². The molecule has 1 unspecified atom stereocenters. The van der Waals surface area contributed by atoms with Crippen molar-refractivity contribution in [3.63, 3.8) is 0 Å². The van der Waals surface area contributed by atoms with E-state index in [0.29, 0.717) is 5.92 Å². The molecule has 5 nitrogen and oxygen atoms in total. The Morgan fingerprint density at radius 1 is 0.540 bits per heavy atom. The van der Waals surface area contributed by atoms with Gasteiger partial charge in [0.1, 0.15) is 0 Å². The molecule has 0 saturated heterocycles. The van der Waals surface area contributed by atoms with Crippen LogP contribution in [0.1, 0.15) is 18.4 Å². The van der Waals surface area contributed by atoms with Crippen molar-refractivity contribution in [2.45, 2.75) is 19.3 Å². The number of pyridine rings is 4. The minimum absolute atomic E-state index is 0.388. The van der Waals surface area contributed by atoms with Crippen molar-refractivity contribution in [3.8, 4) is 56.0 Å². The smallest absolute Gasteiger partial charge is 0.0781 e. The molecule has 7 aromatic rings. The second kappa shape index (κ2) is 12.9. The fourth-order valence-corrected chi connectivity index (χ4v) is 7.15. The molecule has 3 aromatic carbocycles. The number of hydrogen-bond acceptors (Lipinski definition) is 5. The zero-order chi connectivity index (χ0) is 33.3. The number of benzene rings is 3. The summed E-state index contributed by atoms with van der Waals surface area (Å²) in [6, 6.07) is 38.3. The number of aromatic nitrogens is 4. The highest BCUT2D eigenvalue weighted by molar-refractivity contribution is 6.06. The van der Waals surface area contributed by atoms with Crippen LogP contribution < -0.4 is 0 Å². The van der Waals surface area contributed by atoms with Crippen LogP contribution in [0.5, 0.6) is 0 Å². The Morgan fingerprint density at radius 2 is 1.22 bits per heavy atom. The van der Waals surface area contributed by atoms with Gasteiger partial charge < -0.3 is 0 Å². The van der Waals surface area contributed by atoms with Gasteiger partial charge in [-0.2, -0.15) is 0 Å². The Balaban J connectivity index is 1.09. The monoisotopic (exact) mass is 643 g/mol. The molecule has 0 saturated carbocycles. The number of nitrogens with zero attached hydrogens (tertiary/aromatic N) is 5. The van der Waals surface area contributed by atoms with Crippen molar-refractivity contribution in [3.05, 3.63) is 164 Å². The topological polar surface area (TPSA) is 63.9 Å². The molecular weight excluding hydrogens is 611 g/mol. The van der Waals surface area contributed by atoms with Crippen molar-refractivity contribution in [1.29, 1.82) is 0 Å². The third kappa shape index (κ3) is 5.73. The van der Waals surface area contributed by atoms with Crippen molar-refractivity contribution >= 4 is 22.3 Å². The molecule has 0 fully saturated rings. The van der Waals surface area contributed by atoms with Gasteiger partial charge in [-0.05, 0) is 96.1 Å². The Labute approximate surface area is 291 Å². The van der Waals surface area contributed by atoms with Gasteiger partial charge in [-0.3, -0.25) is 15.0 Å². The van der Waals surface area contributed by atoms with Crippen LogP contribution in [0.2, 0.25) is 0 Å². The quantitative estimate of drug-likeness (QED) is 0.187. The van der Waals surface area contributed by atoms with Gasteiger partial charge in [0.25, 0.3) is 0 Å². The largest absolute Gasteiger partial charge is 0.265 e. The normalized spacial score (nSPS) is 16.4. The lowest BCUT2D eigenvalue weighted by atomic mass is 9.83. The second-order valence-electron chi connectivity index (χ2n) is 12.9. The fourth-order valence-electron chi connectivity index (χ4n) is 7.15. The average molecular weight is 644 g/mol. The van der Waals surface area contributed by atoms with E-state index in [1.165, 1.54) is 11.3 Å². The first-order valence-corrected chi connectivity index (χ1v) is 17.1. The lowest BCUT2D eigenvalue weighted by Gasteiger charge is -2.26. The third-order valence-corrected chi connectivity index (χ3v) is 9.73. The van der Waals surface area contributed by atoms with Crippen molar-refractivity contribution in [2.75, 3.05) is 0 Å². The summed E-state index contributed by atoms with van der Waals surface area (Å²) in [4.78, 5) is 24.0. The molecule has 238 valence electrons. The van der Waals surface area contributed by atoms with E-state index < -0.39 is 0 Å². The molecule has 0 radical (unpaired) electrons. The maximum Gasteiger partial charge on any atom is 0.0781 e. The predicted octanol–water partition coefficient (Wildman–Crippen LogP) is 10.9. The minimum atomic E-state index is 0.388. The maximum atomic E-state index is 5.28. The van der Waals surface area contributed by atoms with Gasteiger partial charge in [-0.1, -0.05) is 78.9 Å². The number of rotatable bonds is 5. The van der Waals surface area contributed by atoms with E-state index in [4.69, 9.17) is 15.0 Å². The summed E-state index contributed by atoms with van der Waals surface area (Å²) in [5.41, 5.74) is 15.0. The Bertz CT molecular complexity index is 2390. The highest BCUT2D eigenvalue weighted by Gasteiger charge is 2.27.